The van der Waals surface area contributed by atoms with E-state index >= 15 is 0 Å². The van der Waals surface area contributed by atoms with Crippen LogP contribution in [0.3, 0.4) is 0 Å². The van der Waals surface area contributed by atoms with Crippen LogP contribution in [-0.4, -0.2) is 27.4 Å². The molecule has 0 saturated carbocycles. The molecule has 21 heavy (non-hydrogen) atoms. The Morgan fingerprint density at radius 2 is 1.67 bits per heavy atom. The van der Waals surface area contributed by atoms with Crippen molar-refractivity contribution in [2.45, 2.75) is 38.6 Å². The molecule has 0 fully saturated rings. The number of anilines is 1. The number of hydrogen-bond acceptors (Lipinski definition) is 4. The third kappa shape index (κ3) is 3.95. The molecule has 0 radical (unpaired) electrons. The number of benzene rings is 1. The fourth-order valence-corrected chi connectivity index (χ4v) is 4.07. The smallest absolute Gasteiger partial charge is 0.241 e. The maximum atomic E-state index is 12.6. The fraction of sp³-hybridized carbons (Fsp3) is 0.500. The SMILES string of the molecule is CNc1cc(C)c(S(=O)(=O)NC(C(N)=O)C(C)C)c(C)c1. The summed E-state index contributed by atoms with van der Waals surface area (Å²) < 4.78 is 27.5. The van der Waals surface area contributed by atoms with Gasteiger partial charge in [0.15, 0.2) is 0 Å². The van der Waals surface area contributed by atoms with Gasteiger partial charge in [0.25, 0.3) is 0 Å². The average molecular weight is 313 g/mol. The highest BCUT2D eigenvalue weighted by Crippen LogP contribution is 2.24. The largest absolute Gasteiger partial charge is 0.388 e. The van der Waals surface area contributed by atoms with E-state index in [0.29, 0.717) is 11.1 Å². The molecule has 0 heterocycles. The van der Waals surface area contributed by atoms with Gasteiger partial charge in [-0.2, -0.15) is 4.72 Å². The molecule has 0 saturated heterocycles. The molecule has 118 valence electrons. The first-order chi connectivity index (χ1) is 9.60. The van der Waals surface area contributed by atoms with E-state index in [2.05, 4.69) is 10.0 Å². The summed E-state index contributed by atoms with van der Waals surface area (Å²) >= 11 is 0. The van der Waals surface area contributed by atoms with Crippen LogP contribution in [0.2, 0.25) is 0 Å². The molecule has 0 aliphatic carbocycles. The number of nitrogens with two attached hydrogens (primary N) is 1. The first-order valence-electron chi connectivity index (χ1n) is 6.70. The van der Waals surface area contributed by atoms with Crippen LogP contribution in [0, 0.1) is 19.8 Å². The third-order valence-corrected chi connectivity index (χ3v) is 5.02. The molecule has 0 spiro atoms. The first-order valence-corrected chi connectivity index (χ1v) is 8.19. The lowest BCUT2D eigenvalue weighted by Gasteiger charge is -2.21. The summed E-state index contributed by atoms with van der Waals surface area (Å²) in [5.41, 5.74) is 7.32. The Morgan fingerprint density at radius 1 is 1.19 bits per heavy atom. The number of primary amides is 1. The second-order valence-electron chi connectivity index (χ2n) is 5.43. The molecule has 1 amide bonds. The van der Waals surface area contributed by atoms with Crippen LogP contribution in [0.4, 0.5) is 5.69 Å². The zero-order valence-electron chi connectivity index (χ0n) is 13.0. The monoisotopic (exact) mass is 313 g/mol. The van der Waals surface area contributed by atoms with Crippen LogP contribution in [0.25, 0.3) is 0 Å². The minimum absolute atomic E-state index is 0.188. The van der Waals surface area contributed by atoms with Gasteiger partial charge in [0.2, 0.25) is 15.9 Å². The molecule has 7 heteroatoms. The Kier molecular flexibility index (Phi) is 5.36. The topological polar surface area (TPSA) is 101 Å². The van der Waals surface area contributed by atoms with Gasteiger partial charge in [-0.05, 0) is 43.0 Å². The van der Waals surface area contributed by atoms with Crippen molar-refractivity contribution in [2.24, 2.45) is 11.7 Å². The van der Waals surface area contributed by atoms with E-state index in [0.717, 1.165) is 5.69 Å². The van der Waals surface area contributed by atoms with Crippen LogP contribution < -0.4 is 15.8 Å². The van der Waals surface area contributed by atoms with Gasteiger partial charge >= 0.3 is 0 Å². The molecule has 4 N–H and O–H groups in total. The van der Waals surface area contributed by atoms with Crippen LogP contribution in [0.5, 0.6) is 0 Å². The van der Waals surface area contributed by atoms with Crippen LogP contribution in [-0.2, 0) is 14.8 Å². The zero-order chi connectivity index (χ0) is 16.4. The number of nitrogens with one attached hydrogen (secondary N) is 2. The average Bonchev–Trinajstić information content (AvgIpc) is 2.33. The van der Waals surface area contributed by atoms with Crippen molar-refractivity contribution in [1.29, 1.82) is 0 Å². The lowest BCUT2D eigenvalue weighted by Crippen LogP contribution is -2.47. The van der Waals surface area contributed by atoms with Crippen LogP contribution in [0.15, 0.2) is 17.0 Å². The highest BCUT2D eigenvalue weighted by Gasteiger charge is 2.28. The molecule has 1 aromatic rings. The van der Waals surface area contributed by atoms with Crippen LogP contribution >= 0.6 is 0 Å². The van der Waals surface area contributed by atoms with E-state index in [1.807, 2.05) is 0 Å². The molecular weight excluding hydrogens is 290 g/mol. The van der Waals surface area contributed by atoms with Crippen molar-refractivity contribution in [3.8, 4) is 0 Å². The molecule has 1 rings (SSSR count). The van der Waals surface area contributed by atoms with Crippen molar-refractivity contribution in [3.05, 3.63) is 23.3 Å². The van der Waals surface area contributed by atoms with Gasteiger partial charge in [-0.15, -0.1) is 0 Å². The number of carbonyl (C=O) groups is 1. The molecule has 0 bridgehead atoms. The normalized spacial score (nSPS) is 13.2. The number of carbonyl (C=O) groups excluding carboxylic acids is 1. The van der Waals surface area contributed by atoms with Gasteiger partial charge in [-0.1, -0.05) is 13.8 Å². The molecule has 1 aromatic carbocycles. The highest BCUT2D eigenvalue weighted by molar-refractivity contribution is 7.89. The van der Waals surface area contributed by atoms with Gasteiger partial charge in [-0.25, -0.2) is 8.42 Å². The standard InChI is InChI=1S/C14H23N3O3S/c1-8(2)12(14(15)18)17-21(19,20)13-9(3)6-11(16-5)7-10(13)4/h6-8,12,16-17H,1-5H3,(H2,15,18). The Bertz CT molecular complexity index is 616. The minimum Gasteiger partial charge on any atom is -0.388 e. The van der Waals surface area contributed by atoms with Gasteiger partial charge in [-0.3, -0.25) is 4.79 Å². The summed E-state index contributed by atoms with van der Waals surface area (Å²) in [7, 11) is -2.05. The van der Waals surface area contributed by atoms with E-state index in [9.17, 15) is 13.2 Å². The van der Waals surface area contributed by atoms with E-state index in [-0.39, 0.29) is 10.8 Å². The molecular formula is C14H23N3O3S. The molecule has 0 aliphatic rings. The van der Waals surface area contributed by atoms with Gasteiger partial charge in [0.05, 0.1) is 4.90 Å². The Labute approximate surface area is 126 Å². The van der Waals surface area contributed by atoms with E-state index < -0.39 is 22.0 Å². The Balaban J connectivity index is 3.29. The molecule has 0 aromatic heterocycles. The number of rotatable bonds is 6. The van der Waals surface area contributed by atoms with Crippen LogP contribution in [0.1, 0.15) is 25.0 Å². The predicted molar refractivity (Wildman–Crippen MR) is 83.6 cm³/mol. The van der Waals surface area contributed by atoms with Crippen molar-refractivity contribution < 1.29 is 13.2 Å². The second-order valence-corrected chi connectivity index (χ2v) is 7.09. The summed E-state index contributed by atoms with van der Waals surface area (Å²) in [6, 6.07) is 2.56. The molecule has 0 aliphatic heterocycles. The molecule has 1 atom stereocenters. The van der Waals surface area contributed by atoms with E-state index in [1.54, 1.807) is 46.9 Å². The first kappa shape index (κ1) is 17.5. The maximum absolute atomic E-state index is 12.6. The minimum atomic E-state index is -3.81. The Morgan fingerprint density at radius 3 is 2.00 bits per heavy atom. The summed E-state index contributed by atoms with van der Waals surface area (Å²) in [5.74, 6) is -0.912. The molecule has 1 unspecified atom stereocenters. The van der Waals surface area contributed by atoms with Gasteiger partial charge in [0, 0.05) is 12.7 Å². The number of hydrogen-bond donors (Lipinski definition) is 3. The van der Waals surface area contributed by atoms with Crippen molar-refractivity contribution in [3.63, 3.8) is 0 Å². The van der Waals surface area contributed by atoms with Crippen molar-refractivity contribution in [1.82, 2.24) is 4.72 Å². The van der Waals surface area contributed by atoms with E-state index in [1.165, 1.54) is 0 Å². The number of aryl methyl sites for hydroxylation is 2. The lowest BCUT2D eigenvalue weighted by molar-refractivity contribution is -0.120. The number of sulfonamides is 1. The zero-order valence-corrected chi connectivity index (χ0v) is 13.8. The third-order valence-electron chi connectivity index (χ3n) is 3.27. The lowest BCUT2D eigenvalue weighted by atomic mass is 10.1. The summed E-state index contributed by atoms with van der Waals surface area (Å²) in [6.07, 6.45) is 0. The Hall–Kier alpha value is -1.60. The predicted octanol–water partition coefficient (Wildman–Crippen LogP) is 1.13. The van der Waals surface area contributed by atoms with Gasteiger partial charge in [0.1, 0.15) is 6.04 Å². The second kappa shape index (κ2) is 6.44. The summed E-state index contributed by atoms with van der Waals surface area (Å²) in [5, 5.41) is 2.98. The highest BCUT2D eigenvalue weighted by atomic mass is 32.2. The molecule has 6 nitrogen and oxygen atoms in total. The van der Waals surface area contributed by atoms with Crippen molar-refractivity contribution in [2.75, 3.05) is 12.4 Å². The quantitative estimate of drug-likeness (QED) is 0.733. The maximum Gasteiger partial charge on any atom is 0.241 e. The number of amides is 1. The fourth-order valence-electron chi connectivity index (χ4n) is 2.27. The van der Waals surface area contributed by atoms with Crippen molar-refractivity contribution >= 4 is 21.6 Å². The van der Waals surface area contributed by atoms with Gasteiger partial charge < -0.3 is 11.1 Å². The van der Waals surface area contributed by atoms with E-state index in [4.69, 9.17) is 5.73 Å². The summed E-state index contributed by atoms with van der Waals surface area (Å²) in [6.45, 7) is 6.91. The summed E-state index contributed by atoms with van der Waals surface area (Å²) in [4.78, 5) is 11.6.